The number of rotatable bonds is 4. The summed E-state index contributed by atoms with van der Waals surface area (Å²) in [5, 5.41) is 4.06. The second-order valence-corrected chi connectivity index (χ2v) is 6.34. The Balaban J connectivity index is 1.90. The average Bonchev–Trinajstić information content (AvgIpc) is 2.99. The summed E-state index contributed by atoms with van der Waals surface area (Å²) in [5.41, 5.74) is 1.70. The third-order valence-corrected chi connectivity index (χ3v) is 4.70. The van der Waals surface area contributed by atoms with Crippen LogP contribution in [0.15, 0.2) is 29.4 Å². The van der Waals surface area contributed by atoms with Gasteiger partial charge in [0.1, 0.15) is 4.90 Å². The summed E-state index contributed by atoms with van der Waals surface area (Å²) in [5.74, 6) is -0.341. The Labute approximate surface area is 119 Å². The molecule has 0 saturated heterocycles. The smallest absolute Gasteiger partial charge is 0.388 e. The van der Waals surface area contributed by atoms with Crippen LogP contribution in [0.25, 0.3) is 0 Å². The number of fused-ring (bicyclic) bond motifs is 1. The lowest BCUT2D eigenvalue weighted by Crippen LogP contribution is -2.14. The molecule has 21 heavy (non-hydrogen) atoms. The highest BCUT2D eigenvalue weighted by Gasteiger charge is 2.23. The normalized spacial score (nSPS) is 14.4. The van der Waals surface area contributed by atoms with Crippen LogP contribution in [-0.2, 0) is 22.9 Å². The summed E-state index contributed by atoms with van der Waals surface area (Å²) in [7, 11) is -3.86. The molecule has 0 bridgehead atoms. The van der Waals surface area contributed by atoms with Crippen LogP contribution in [0.2, 0.25) is 0 Å². The van der Waals surface area contributed by atoms with Crippen molar-refractivity contribution in [2.45, 2.75) is 30.8 Å². The van der Waals surface area contributed by atoms with Gasteiger partial charge in [0, 0.05) is 12.3 Å². The van der Waals surface area contributed by atoms with Crippen LogP contribution in [0.4, 0.5) is 8.78 Å². The maximum Gasteiger partial charge on any atom is 0.388 e. The van der Waals surface area contributed by atoms with E-state index in [1.54, 1.807) is 0 Å². The average molecular weight is 315 g/mol. The van der Waals surface area contributed by atoms with Crippen molar-refractivity contribution in [3.05, 3.63) is 35.8 Å². The Morgan fingerprint density at radius 1 is 1.29 bits per heavy atom. The molecule has 2 aromatic heterocycles. The maximum absolute atomic E-state index is 12.3. The molecule has 0 N–H and O–H groups in total. The monoisotopic (exact) mass is 315 g/mol. The van der Waals surface area contributed by atoms with Gasteiger partial charge in [0.05, 0.1) is 11.9 Å². The lowest BCUT2D eigenvalue weighted by molar-refractivity contribution is -0.0529. The number of ether oxygens (including phenoxy) is 1. The van der Waals surface area contributed by atoms with Crippen LogP contribution in [0.1, 0.15) is 17.7 Å². The maximum atomic E-state index is 12.3. The number of aromatic nitrogens is 3. The molecular formula is C12H11F2N3O3S. The first-order valence-corrected chi connectivity index (χ1v) is 7.65. The van der Waals surface area contributed by atoms with E-state index in [-0.39, 0.29) is 10.8 Å². The van der Waals surface area contributed by atoms with Gasteiger partial charge in [-0.05, 0) is 30.9 Å². The van der Waals surface area contributed by atoms with Crippen molar-refractivity contribution in [2.24, 2.45) is 0 Å². The van der Waals surface area contributed by atoms with Gasteiger partial charge in [-0.1, -0.05) is 0 Å². The van der Waals surface area contributed by atoms with Crippen LogP contribution in [0.3, 0.4) is 0 Å². The quantitative estimate of drug-likeness (QED) is 0.857. The number of nitrogens with zero attached hydrogens (tertiary/aromatic N) is 3. The molecular weight excluding hydrogens is 304 g/mol. The van der Waals surface area contributed by atoms with Crippen LogP contribution >= 0.6 is 0 Å². The molecule has 1 aliphatic rings. The SMILES string of the molecule is O=S(=O)(c1ccc(OC(F)F)nc1)n1cc2c(n1)CCC2. The van der Waals surface area contributed by atoms with E-state index in [1.807, 2.05) is 0 Å². The number of aryl methyl sites for hydroxylation is 2. The molecule has 0 unspecified atom stereocenters. The van der Waals surface area contributed by atoms with Gasteiger partial charge in [-0.2, -0.15) is 26.4 Å². The van der Waals surface area contributed by atoms with Gasteiger partial charge in [-0.3, -0.25) is 0 Å². The van der Waals surface area contributed by atoms with Crippen molar-refractivity contribution < 1.29 is 21.9 Å². The predicted octanol–water partition coefficient (Wildman–Crippen LogP) is 1.61. The Bertz CT molecular complexity index is 735. The van der Waals surface area contributed by atoms with Crippen molar-refractivity contribution in [3.63, 3.8) is 0 Å². The Morgan fingerprint density at radius 2 is 2.10 bits per heavy atom. The number of hydrogen-bond acceptors (Lipinski definition) is 5. The van der Waals surface area contributed by atoms with Gasteiger partial charge >= 0.3 is 6.61 Å². The van der Waals surface area contributed by atoms with Crippen LogP contribution in [0, 0.1) is 0 Å². The predicted molar refractivity (Wildman–Crippen MR) is 67.7 cm³/mol. The number of halogens is 2. The molecule has 0 radical (unpaired) electrons. The standard InChI is InChI=1S/C12H11F2N3O3S/c13-12(14)20-11-5-4-9(6-15-11)21(18,19)17-7-8-2-1-3-10(8)16-17/h4-7,12H,1-3H2. The van der Waals surface area contributed by atoms with Gasteiger partial charge in [-0.15, -0.1) is 0 Å². The Hall–Kier alpha value is -2.03. The summed E-state index contributed by atoms with van der Waals surface area (Å²) in [6, 6.07) is 2.24. The zero-order valence-electron chi connectivity index (χ0n) is 10.7. The highest BCUT2D eigenvalue weighted by atomic mass is 32.2. The lowest BCUT2D eigenvalue weighted by atomic mass is 10.3. The van der Waals surface area contributed by atoms with Gasteiger partial charge < -0.3 is 4.74 Å². The topological polar surface area (TPSA) is 74.1 Å². The second kappa shape index (κ2) is 5.06. The van der Waals surface area contributed by atoms with E-state index in [2.05, 4.69) is 14.8 Å². The highest BCUT2D eigenvalue weighted by molar-refractivity contribution is 7.89. The molecule has 2 aromatic rings. The van der Waals surface area contributed by atoms with Crippen molar-refractivity contribution in [1.29, 1.82) is 0 Å². The fourth-order valence-electron chi connectivity index (χ4n) is 2.20. The molecule has 112 valence electrons. The largest absolute Gasteiger partial charge is 0.417 e. The molecule has 0 spiro atoms. The molecule has 6 nitrogen and oxygen atoms in total. The zero-order chi connectivity index (χ0) is 15.0. The minimum absolute atomic E-state index is 0.134. The minimum atomic E-state index is -3.86. The van der Waals surface area contributed by atoms with Gasteiger partial charge in [0.15, 0.2) is 0 Å². The van der Waals surface area contributed by atoms with E-state index in [0.29, 0.717) is 0 Å². The number of hydrogen-bond donors (Lipinski definition) is 0. The molecule has 3 rings (SSSR count). The van der Waals surface area contributed by atoms with Crippen molar-refractivity contribution >= 4 is 10.0 Å². The third kappa shape index (κ3) is 2.60. The minimum Gasteiger partial charge on any atom is -0.417 e. The molecule has 9 heteroatoms. The van der Waals surface area contributed by atoms with Crippen molar-refractivity contribution in [3.8, 4) is 5.88 Å². The van der Waals surface area contributed by atoms with Crippen molar-refractivity contribution in [2.75, 3.05) is 0 Å². The summed E-state index contributed by atoms with van der Waals surface area (Å²) < 4.78 is 53.7. The van der Waals surface area contributed by atoms with E-state index < -0.39 is 16.6 Å². The van der Waals surface area contributed by atoms with Crippen molar-refractivity contribution in [1.82, 2.24) is 14.2 Å². The summed E-state index contributed by atoms with van der Waals surface area (Å²) in [6.45, 7) is -3.01. The molecule has 1 aliphatic carbocycles. The molecule has 0 atom stereocenters. The van der Waals surface area contributed by atoms with E-state index in [4.69, 9.17) is 0 Å². The third-order valence-electron chi connectivity index (χ3n) is 3.18. The second-order valence-electron chi connectivity index (χ2n) is 4.54. The Morgan fingerprint density at radius 3 is 2.71 bits per heavy atom. The van der Waals surface area contributed by atoms with Crippen LogP contribution in [-0.4, -0.2) is 29.2 Å². The molecule has 0 amide bonds. The fourth-order valence-corrected chi connectivity index (χ4v) is 3.31. The molecule has 0 saturated carbocycles. The number of alkyl halides is 2. The molecule has 0 aromatic carbocycles. The highest BCUT2D eigenvalue weighted by Crippen LogP contribution is 2.23. The molecule has 2 heterocycles. The Kier molecular flexibility index (Phi) is 3.36. The van der Waals surface area contributed by atoms with E-state index in [9.17, 15) is 17.2 Å². The van der Waals surface area contributed by atoms with E-state index in [1.165, 1.54) is 6.20 Å². The van der Waals surface area contributed by atoms with E-state index >= 15 is 0 Å². The molecule has 0 fully saturated rings. The first-order chi connectivity index (χ1) is 9.96. The van der Waals surface area contributed by atoms with E-state index in [0.717, 1.165) is 52.9 Å². The van der Waals surface area contributed by atoms with Crippen LogP contribution in [0.5, 0.6) is 5.88 Å². The summed E-state index contributed by atoms with van der Waals surface area (Å²) in [6.07, 6.45) is 5.00. The first kappa shape index (κ1) is 13.9. The fraction of sp³-hybridized carbons (Fsp3) is 0.333. The lowest BCUT2D eigenvalue weighted by Gasteiger charge is -2.06. The summed E-state index contributed by atoms with van der Waals surface area (Å²) >= 11 is 0. The zero-order valence-corrected chi connectivity index (χ0v) is 11.6. The van der Waals surface area contributed by atoms with Gasteiger partial charge in [0.25, 0.3) is 10.0 Å². The van der Waals surface area contributed by atoms with Crippen LogP contribution < -0.4 is 4.74 Å². The number of pyridine rings is 1. The van der Waals surface area contributed by atoms with Gasteiger partial charge in [0.2, 0.25) is 5.88 Å². The first-order valence-electron chi connectivity index (χ1n) is 6.21. The summed E-state index contributed by atoms with van der Waals surface area (Å²) in [4.78, 5) is 3.42. The van der Waals surface area contributed by atoms with Gasteiger partial charge in [-0.25, -0.2) is 4.98 Å². The molecule has 0 aliphatic heterocycles.